The van der Waals surface area contributed by atoms with Crippen molar-refractivity contribution in [3.05, 3.63) is 23.5 Å². The van der Waals surface area contributed by atoms with Gasteiger partial charge in [0.05, 0.1) is 11.4 Å². The lowest BCUT2D eigenvalue weighted by molar-refractivity contribution is 0.314. The molecule has 1 fully saturated rings. The quantitative estimate of drug-likeness (QED) is 0.780. The maximum atomic E-state index is 4.42. The molecule has 17 heavy (non-hydrogen) atoms. The van der Waals surface area contributed by atoms with Crippen LogP contribution in [0.3, 0.4) is 0 Å². The third-order valence-corrected chi connectivity index (χ3v) is 4.09. The Bertz CT molecular complexity index is 323. The van der Waals surface area contributed by atoms with Crippen molar-refractivity contribution in [2.75, 3.05) is 0 Å². The Hall–Kier alpha value is -0.920. The van der Waals surface area contributed by atoms with Gasteiger partial charge < -0.3 is 0 Å². The van der Waals surface area contributed by atoms with Crippen LogP contribution in [-0.2, 0) is 6.42 Å². The number of aryl methyl sites for hydroxylation is 1. The number of aromatic nitrogens is 2. The van der Waals surface area contributed by atoms with Gasteiger partial charge in [0, 0.05) is 5.92 Å². The van der Waals surface area contributed by atoms with Crippen LogP contribution in [0.5, 0.6) is 0 Å². The van der Waals surface area contributed by atoms with Crippen LogP contribution in [-0.4, -0.2) is 10.2 Å². The molecule has 0 N–H and O–H groups in total. The molecule has 0 amide bonds. The smallest absolute Gasteiger partial charge is 0.0662 e. The fourth-order valence-electron chi connectivity index (χ4n) is 2.84. The summed E-state index contributed by atoms with van der Waals surface area (Å²) in [6, 6.07) is 4.37. The second-order valence-corrected chi connectivity index (χ2v) is 5.33. The molecule has 94 valence electrons. The number of hydrogen-bond donors (Lipinski definition) is 0. The van der Waals surface area contributed by atoms with E-state index in [1.807, 2.05) is 0 Å². The molecular weight excluding hydrogens is 208 g/mol. The molecule has 0 aromatic carbocycles. The van der Waals surface area contributed by atoms with Crippen molar-refractivity contribution in [1.82, 2.24) is 10.2 Å². The molecule has 2 nitrogen and oxygen atoms in total. The molecular formula is C15H24N2. The lowest BCUT2D eigenvalue weighted by atomic mass is 9.79. The summed E-state index contributed by atoms with van der Waals surface area (Å²) in [4.78, 5) is 0. The van der Waals surface area contributed by atoms with Crippen LogP contribution in [0.1, 0.15) is 69.7 Å². The van der Waals surface area contributed by atoms with Gasteiger partial charge in [-0.2, -0.15) is 10.2 Å². The predicted molar refractivity (Wildman–Crippen MR) is 71.0 cm³/mol. The zero-order chi connectivity index (χ0) is 12.1. The van der Waals surface area contributed by atoms with Gasteiger partial charge >= 0.3 is 0 Å². The van der Waals surface area contributed by atoms with Crippen LogP contribution in [0.2, 0.25) is 0 Å². The van der Waals surface area contributed by atoms with Gasteiger partial charge in [-0.25, -0.2) is 0 Å². The Kier molecular flexibility index (Phi) is 4.52. The van der Waals surface area contributed by atoms with Crippen molar-refractivity contribution in [3.63, 3.8) is 0 Å². The fourth-order valence-corrected chi connectivity index (χ4v) is 2.84. The van der Waals surface area contributed by atoms with E-state index in [-0.39, 0.29) is 0 Å². The van der Waals surface area contributed by atoms with Gasteiger partial charge in [-0.3, -0.25) is 0 Å². The Labute approximate surface area is 105 Å². The molecule has 2 rings (SSSR count). The maximum Gasteiger partial charge on any atom is 0.0662 e. The summed E-state index contributed by atoms with van der Waals surface area (Å²) in [6.07, 6.45) is 8.90. The van der Waals surface area contributed by atoms with E-state index < -0.39 is 0 Å². The molecule has 1 saturated carbocycles. The monoisotopic (exact) mass is 232 g/mol. The first-order valence-corrected chi connectivity index (χ1v) is 7.16. The topological polar surface area (TPSA) is 25.8 Å². The highest BCUT2D eigenvalue weighted by Gasteiger charge is 2.22. The highest BCUT2D eigenvalue weighted by atomic mass is 15.1. The minimum absolute atomic E-state index is 0.668. The van der Waals surface area contributed by atoms with Crippen LogP contribution in [0, 0.1) is 5.92 Å². The van der Waals surface area contributed by atoms with Crippen molar-refractivity contribution in [2.45, 2.75) is 64.7 Å². The number of nitrogens with zero attached hydrogens (tertiary/aromatic N) is 2. The van der Waals surface area contributed by atoms with E-state index >= 15 is 0 Å². The summed E-state index contributed by atoms with van der Waals surface area (Å²) in [5.41, 5.74) is 2.36. The van der Waals surface area contributed by atoms with E-state index in [1.165, 1.54) is 37.8 Å². The molecule has 1 heterocycles. The minimum Gasteiger partial charge on any atom is -0.155 e. The van der Waals surface area contributed by atoms with E-state index in [9.17, 15) is 0 Å². The normalized spacial score (nSPS) is 24.8. The zero-order valence-corrected chi connectivity index (χ0v) is 11.2. The van der Waals surface area contributed by atoms with Gasteiger partial charge in [-0.05, 0) is 50.2 Å². The Balaban J connectivity index is 1.94. The molecule has 1 aliphatic rings. The van der Waals surface area contributed by atoms with E-state index in [2.05, 4.69) is 36.2 Å². The lowest BCUT2D eigenvalue weighted by Gasteiger charge is -2.27. The van der Waals surface area contributed by atoms with E-state index in [0.29, 0.717) is 5.92 Å². The molecule has 1 aromatic rings. The highest BCUT2D eigenvalue weighted by Crippen LogP contribution is 2.35. The average Bonchev–Trinajstić information content (AvgIpc) is 2.40. The Morgan fingerprint density at radius 2 is 1.82 bits per heavy atom. The van der Waals surface area contributed by atoms with Gasteiger partial charge in [0.15, 0.2) is 0 Å². The molecule has 0 spiro atoms. The largest absolute Gasteiger partial charge is 0.155 e. The molecule has 2 heteroatoms. The highest BCUT2D eigenvalue weighted by molar-refractivity contribution is 5.12. The molecule has 0 unspecified atom stereocenters. The molecule has 1 aliphatic carbocycles. The van der Waals surface area contributed by atoms with Crippen LogP contribution in [0.15, 0.2) is 12.1 Å². The first kappa shape index (κ1) is 12.5. The summed E-state index contributed by atoms with van der Waals surface area (Å²) in [6.45, 7) is 4.49. The summed E-state index contributed by atoms with van der Waals surface area (Å²) in [5, 5.41) is 8.75. The van der Waals surface area contributed by atoms with Crippen LogP contribution < -0.4 is 0 Å². The molecule has 0 radical (unpaired) electrons. The fraction of sp³-hybridized carbons (Fsp3) is 0.733. The Morgan fingerprint density at radius 1 is 1.06 bits per heavy atom. The number of rotatable bonds is 4. The second-order valence-electron chi connectivity index (χ2n) is 5.33. The van der Waals surface area contributed by atoms with Crippen molar-refractivity contribution in [1.29, 1.82) is 0 Å². The van der Waals surface area contributed by atoms with E-state index in [4.69, 9.17) is 0 Å². The third kappa shape index (κ3) is 3.27. The predicted octanol–water partition coefficient (Wildman–Crippen LogP) is 4.11. The lowest BCUT2D eigenvalue weighted by Crippen LogP contribution is -2.14. The molecule has 0 saturated heterocycles. The van der Waals surface area contributed by atoms with Gasteiger partial charge in [0.25, 0.3) is 0 Å². The van der Waals surface area contributed by atoms with Crippen LogP contribution in [0.4, 0.5) is 0 Å². The van der Waals surface area contributed by atoms with Crippen molar-refractivity contribution in [2.24, 2.45) is 5.92 Å². The molecule has 1 aromatic heterocycles. The Morgan fingerprint density at radius 3 is 2.35 bits per heavy atom. The number of hydrogen-bond acceptors (Lipinski definition) is 2. The molecule has 0 atom stereocenters. The van der Waals surface area contributed by atoms with Crippen molar-refractivity contribution in [3.8, 4) is 0 Å². The summed E-state index contributed by atoms with van der Waals surface area (Å²) in [5.74, 6) is 1.62. The van der Waals surface area contributed by atoms with Gasteiger partial charge in [0.1, 0.15) is 0 Å². The van der Waals surface area contributed by atoms with Crippen molar-refractivity contribution >= 4 is 0 Å². The van der Waals surface area contributed by atoms with E-state index in [0.717, 1.165) is 24.5 Å². The zero-order valence-electron chi connectivity index (χ0n) is 11.2. The van der Waals surface area contributed by atoms with E-state index in [1.54, 1.807) is 0 Å². The summed E-state index contributed by atoms with van der Waals surface area (Å²) >= 11 is 0. The first-order valence-electron chi connectivity index (χ1n) is 7.16. The first-order chi connectivity index (χ1) is 8.33. The molecule has 0 aliphatic heterocycles. The van der Waals surface area contributed by atoms with Gasteiger partial charge in [-0.1, -0.05) is 26.7 Å². The van der Waals surface area contributed by atoms with Gasteiger partial charge in [-0.15, -0.1) is 0 Å². The third-order valence-electron chi connectivity index (χ3n) is 4.09. The van der Waals surface area contributed by atoms with Crippen LogP contribution >= 0.6 is 0 Å². The van der Waals surface area contributed by atoms with Crippen LogP contribution in [0.25, 0.3) is 0 Å². The maximum absolute atomic E-state index is 4.42. The molecule has 0 bridgehead atoms. The minimum atomic E-state index is 0.668. The van der Waals surface area contributed by atoms with Gasteiger partial charge in [0.2, 0.25) is 0 Å². The average molecular weight is 232 g/mol. The SMILES string of the molecule is CCCc1ccc(C2CCC(CC)CC2)nn1. The summed E-state index contributed by atoms with van der Waals surface area (Å²) in [7, 11) is 0. The second kappa shape index (κ2) is 6.13. The van der Waals surface area contributed by atoms with Crippen molar-refractivity contribution < 1.29 is 0 Å². The standard InChI is InChI=1S/C15H24N2/c1-3-5-14-10-11-15(17-16-14)13-8-6-12(4-2)7-9-13/h10-13H,3-9H2,1-2H3. The summed E-state index contributed by atoms with van der Waals surface area (Å²) < 4.78 is 0.